The van der Waals surface area contributed by atoms with Crippen LogP contribution in [0.25, 0.3) is 11.0 Å². The van der Waals surface area contributed by atoms with Gasteiger partial charge in [-0.1, -0.05) is 26.0 Å². The number of para-hydroxylation sites is 2. The van der Waals surface area contributed by atoms with Crippen molar-refractivity contribution in [2.75, 3.05) is 7.05 Å². The minimum atomic E-state index is -2.76. The molecule has 6 rings (SSSR count). The van der Waals surface area contributed by atoms with E-state index in [-0.39, 0.29) is 35.5 Å². The fourth-order valence-electron chi connectivity index (χ4n) is 7.15. The standard InChI is InChI=1S/C26H34F2N4O2/c1-15(2)22(30-24(34)26-11-16-8-17(12-26)10-18(9-16)13-26)23(33)31(3)14-21-29-19-6-4-5-7-20(19)32(21)25(27)28/h4-7,15-18,22,25H,8-14H2,1-3H3,(H,30,34). The van der Waals surface area contributed by atoms with Crippen LogP contribution in [-0.2, 0) is 16.1 Å². The van der Waals surface area contributed by atoms with E-state index in [2.05, 4.69) is 10.3 Å². The fraction of sp³-hybridized carbons (Fsp3) is 0.654. The third-order valence-electron chi connectivity index (χ3n) is 8.36. The smallest absolute Gasteiger partial charge is 0.320 e. The monoisotopic (exact) mass is 472 g/mol. The Morgan fingerprint density at radius 2 is 1.71 bits per heavy atom. The van der Waals surface area contributed by atoms with Gasteiger partial charge in [0.1, 0.15) is 11.9 Å². The van der Waals surface area contributed by atoms with Gasteiger partial charge in [-0.3, -0.25) is 14.2 Å². The maximum absolute atomic E-state index is 13.8. The molecule has 6 nitrogen and oxygen atoms in total. The average Bonchev–Trinajstić information content (AvgIpc) is 3.13. The van der Waals surface area contributed by atoms with E-state index < -0.39 is 12.6 Å². The summed E-state index contributed by atoms with van der Waals surface area (Å²) in [6.07, 6.45) is 6.51. The van der Waals surface area contributed by atoms with Crippen LogP contribution in [0.15, 0.2) is 24.3 Å². The molecule has 0 spiro atoms. The van der Waals surface area contributed by atoms with Gasteiger partial charge in [-0.05, 0) is 74.3 Å². The molecular weight excluding hydrogens is 438 g/mol. The molecule has 4 aliphatic carbocycles. The first-order valence-corrected chi connectivity index (χ1v) is 12.5. The molecule has 1 aromatic heterocycles. The summed E-state index contributed by atoms with van der Waals surface area (Å²) in [6.45, 7) is 0.992. The number of likely N-dealkylation sites (N-methyl/N-ethyl adjacent to an activating group) is 1. The lowest BCUT2D eigenvalue weighted by Crippen LogP contribution is -2.58. The lowest BCUT2D eigenvalue weighted by molar-refractivity contribution is -0.150. The Balaban J connectivity index is 1.33. The van der Waals surface area contributed by atoms with Crippen LogP contribution in [0, 0.1) is 29.1 Å². The van der Waals surface area contributed by atoms with Crippen molar-refractivity contribution in [1.29, 1.82) is 0 Å². The Morgan fingerprint density at radius 1 is 1.12 bits per heavy atom. The van der Waals surface area contributed by atoms with Crippen LogP contribution in [-0.4, -0.2) is 39.4 Å². The lowest BCUT2D eigenvalue weighted by atomic mass is 9.49. The number of imidazole rings is 1. The number of halogens is 2. The molecular formula is C26H34F2N4O2. The zero-order chi connectivity index (χ0) is 24.2. The summed E-state index contributed by atoms with van der Waals surface area (Å²) < 4.78 is 28.5. The number of benzene rings is 1. The maximum atomic E-state index is 13.8. The molecule has 1 heterocycles. The van der Waals surface area contributed by atoms with Crippen molar-refractivity contribution in [3.8, 4) is 0 Å². The average molecular weight is 473 g/mol. The molecule has 4 bridgehead atoms. The predicted molar refractivity (Wildman–Crippen MR) is 125 cm³/mol. The molecule has 0 saturated heterocycles. The SMILES string of the molecule is CC(C)C(NC(=O)C12CC3CC(CC(C3)C1)C2)C(=O)N(C)Cc1nc2ccccc2n1C(F)F. The topological polar surface area (TPSA) is 67.2 Å². The lowest BCUT2D eigenvalue weighted by Gasteiger charge is -2.56. The summed E-state index contributed by atoms with van der Waals surface area (Å²) in [4.78, 5) is 32.8. The molecule has 1 N–H and O–H groups in total. The third-order valence-corrected chi connectivity index (χ3v) is 8.36. The van der Waals surface area contributed by atoms with Crippen LogP contribution in [0.2, 0.25) is 0 Å². The van der Waals surface area contributed by atoms with Crippen LogP contribution in [0.3, 0.4) is 0 Å². The van der Waals surface area contributed by atoms with E-state index in [1.165, 1.54) is 24.2 Å². The summed E-state index contributed by atoms with van der Waals surface area (Å²) in [5.74, 6) is 1.64. The van der Waals surface area contributed by atoms with Crippen LogP contribution >= 0.6 is 0 Å². The number of nitrogens with one attached hydrogen (secondary N) is 1. The van der Waals surface area contributed by atoms with E-state index in [0.29, 0.717) is 28.8 Å². The van der Waals surface area contributed by atoms with Crippen molar-refractivity contribution in [3.05, 3.63) is 30.1 Å². The summed E-state index contributed by atoms with van der Waals surface area (Å²) in [5, 5.41) is 3.10. The first kappa shape index (κ1) is 23.2. The van der Waals surface area contributed by atoms with E-state index in [1.54, 1.807) is 31.3 Å². The Hall–Kier alpha value is -2.51. The molecule has 4 aliphatic rings. The van der Waals surface area contributed by atoms with Crippen LogP contribution in [0.5, 0.6) is 0 Å². The highest BCUT2D eigenvalue weighted by Crippen LogP contribution is 2.60. The number of carbonyl (C=O) groups excluding carboxylic acids is 2. The Kier molecular flexibility index (Phi) is 5.89. The normalized spacial score (nSPS) is 28.6. The van der Waals surface area contributed by atoms with E-state index in [4.69, 9.17) is 0 Å². The molecule has 1 atom stereocenters. The summed E-state index contributed by atoms with van der Waals surface area (Å²) in [6, 6.07) is 6.02. The number of hydrogen-bond acceptors (Lipinski definition) is 3. The quantitative estimate of drug-likeness (QED) is 0.633. The van der Waals surface area contributed by atoms with Crippen LogP contribution < -0.4 is 5.32 Å². The molecule has 34 heavy (non-hydrogen) atoms. The van der Waals surface area contributed by atoms with Crippen molar-refractivity contribution >= 4 is 22.8 Å². The number of alkyl halides is 2. The molecule has 0 radical (unpaired) electrons. The molecule has 2 aromatic rings. The molecule has 2 amide bonds. The van der Waals surface area contributed by atoms with E-state index in [9.17, 15) is 18.4 Å². The highest BCUT2D eigenvalue weighted by molar-refractivity contribution is 5.90. The summed E-state index contributed by atoms with van der Waals surface area (Å²) >= 11 is 0. The molecule has 4 saturated carbocycles. The highest BCUT2D eigenvalue weighted by atomic mass is 19.3. The second kappa shape index (κ2) is 8.61. The Bertz CT molecular complexity index is 1060. The molecule has 4 fully saturated rings. The Labute approximate surface area is 199 Å². The van der Waals surface area contributed by atoms with Gasteiger partial charge >= 0.3 is 6.55 Å². The highest BCUT2D eigenvalue weighted by Gasteiger charge is 2.55. The zero-order valence-corrected chi connectivity index (χ0v) is 20.1. The van der Waals surface area contributed by atoms with Crippen LogP contribution in [0.1, 0.15) is 64.7 Å². The van der Waals surface area contributed by atoms with Crippen molar-refractivity contribution in [1.82, 2.24) is 19.8 Å². The number of fused-ring (bicyclic) bond motifs is 1. The maximum Gasteiger partial charge on any atom is 0.320 e. The number of carbonyl (C=O) groups is 2. The number of hydrogen-bond donors (Lipinski definition) is 1. The van der Waals surface area contributed by atoms with Crippen molar-refractivity contribution in [3.63, 3.8) is 0 Å². The number of rotatable bonds is 7. The van der Waals surface area contributed by atoms with Gasteiger partial charge in [0.05, 0.1) is 17.6 Å². The first-order chi connectivity index (χ1) is 16.2. The molecule has 1 aromatic carbocycles. The fourth-order valence-corrected chi connectivity index (χ4v) is 7.15. The molecule has 8 heteroatoms. The van der Waals surface area contributed by atoms with Gasteiger partial charge in [0, 0.05) is 12.5 Å². The van der Waals surface area contributed by atoms with Gasteiger partial charge in [0.25, 0.3) is 0 Å². The second-order valence-electron chi connectivity index (χ2n) is 11.3. The van der Waals surface area contributed by atoms with E-state index in [0.717, 1.165) is 23.8 Å². The zero-order valence-electron chi connectivity index (χ0n) is 20.1. The largest absolute Gasteiger partial charge is 0.344 e. The van der Waals surface area contributed by atoms with E-state index in [1.807, 2.05) is 13.8 Å². The number of aromatic nitrogens is 2. The minimum Gasteiger partial charge on any atom is -0.344 e. The van der Waals surface area contributed by atoms with Crippen molar-refractivity contribution in [2.24, 2.45) is 29.1 Å². The van der Waals surface area contributed by atoms with Gasteiger partial charge in [-0.15, -0.1) is 0 Å². The van der Waals surface area contributed by atoms with Gasteiger partial charge in [0.2, 0.25) is 11.8 Å². The van der Waals surface area contributed by atoms with E-state index >= 15 is 0 Å². The van der Waals surface area contributed by atoms with Gasteiger partial charge < -0.3 is 10.2 Å². The summed E-state index contributed by atoms with van der Waals surface area (Å²) in [7, 11) is 1.59. The third kappa shape index (κ3) is 3.99. The molecule has 1 unspecified atom stereocenters. The minimum absolute atomic E-state index is 0.00636. The summed E-state index contributed by atoms with van der Waals surface area (Å²) in [5.41, 5.74) is 0.461. The van der Waals surface area contributed by atoms with Crippen molar-refractivity contribution < 1.29 is 18.4 Å². The predicted octanol–water partition coefficient (Wildman–Crippen LogP) is 4.75. The second-order valence-corrected chi connectivity index (χ2v) is 11.3. The van der Waals surface area contributed by atoms with Gasteiger partial charge in [-0.2, -0.15) is 8.78 Å². The molecule has 184 valence electrons. The number of amides is 2. The van der Waals surface area contributed by atoms with Gasteiger partial charge in [0.15, 0.2) is 0 Å². The van der Waals surface area contributed by atoms with Crippen LogP contribution in [0.4, 0.5) is 8.78 Å². The van der Waals surface area contributed by atoms with Gasteiger partial charge in [-0.25, -0.2) is 4.98 Å². The first-order valence-electron chi connectivity index (χ1n) is 12.5. The number of nitrogens with zero attached hydrogens (tertiary/aromatic N) is 3. The van der Waals surface area contributed by atoms with Crippen molar-refractivity contribution in [2.45, 2.75) is 71.5 Å². The molecule has 0 aliphatic heterocycles. The Morgan fingerprint density at radius 3 is 2.26 bits per heavy atom.